The predicted octanol–water partition coefficient (Wildman–Crippen LogP) is 1.40. The van der Waals surface area contributed by atoms with Crippen molar-refractivity contribution in [2.45, 2.75) is 6.54 Å². The fourth-order valence-corrected chi connectivity index (χ4v) is 1.16. The molecule has 5 heteroatoms. The van der Waals surface area contributed by atoms with E-state index in [4.69, 9.17) is 34.9 Å². The Morgan fingerprint density at radius 3 is 2.40 bits per heavy atom. The molecule has 80 valence electrons. The van der Waals surface area contributed by atoms with E-state index in [0.717, 1.165) is 11.3 Å². The monoisotopic (exact) mass is 240 g/mol. The summed E-state index contributed by atoms with van der Waals surface area (Å²) in [5.41, 5.74) is 6.45. The van der Waals surface area contributed by atoms with Gasteiger partial charge in [-0.15, -0.1) is 0 Å². The normalized spacial score (nSPS) is 9.40. The average molecular weight is 240 g/mol. The summed E-state index contributed by atoms with van der Waals surface area (Å²) in [6, 6.07) is 7.68. The molecule has 3 nitrogen and oxygen atoms in total. The third kappa shape index (κ3) is 3.81. The highest BCUT2D eigenvalue weighted by Crippen LogP contribution is 2.10. The zero-order valence-corrected chi connectivity index (χ0v) is 9.95. The van der Waals surface area contributed by atoms with Gasteiger partial charge >= 0.3 is 0 Å². The lowest BCUT2D eigenvalue weighted by atomic mass is 10.2. The van der Waals surface area contributed by atoms with Gasteiger partial charge in [-0.25, -0.2) is 0 Å². The quantitative estimate of drug-likeness (QED) is 0.782. The van der Waals surface area contributed by atoms with E-state index in [1.54, 1.807) is 7.11 Å². The van der Waals surface area contributed by atoms with Crippen molar-refractivity contribution in [1.29, 1.82) is 0 Å². The number of hydrogen-bond donors (Lipinski definition) is 2. The first-order valence-corrected chi connectivity index (χ1v) is 5.15. The van der Waals surface area contributed by atoms with Crippen LogP contribution in [0.1, 0.15) is 5.56 Å². The Hall–Kier alpha value is -1.20. The summed E-state index contributed by atoms with van der Waals surface area (Å²) in [5.74, 6) is 0.829. The van der Waals surface area contributed by atoms with Gasteiger partial charge in [-0.2, -0.15) is 0 Å². The van der Waals surface area contributed by atoms with Gasteiger partial charge in [-0.3, -0.25) is 0 Å². The van der Waals surface area contributed by atoms with Crippen LogP contribution in [0.3, 0.4) is 0 Å². The smallest absolute Gasteiger partial charge is 0.134 e. The largest absolute Gasteiger partial charge is 0.497 e. The van der Waals surface area contributed by atoms with Crippen molar-refractivity contribution in [2.24, 2.45) is 5.73 Å². The molecule has 0 aliphatic carbocycles. The maximum atomic E-state index is 5.35. The van der Waals surface area contributed by atoms with E-state index >= 15 is 0 Å². The number of nitrogens with one attached hydrogen (secondary N) is 1. The van der Waals surface area contributed by atoms with E-state index in [1.165, 1.54) is 0 Å². The van der Waals surface area contributed by atoms with Crippen LogP contribution in [0.15, 0.2) is 24.3 Å². The van der Waals surface area contributed by atoms with Crippen molar-refractivity contribution >= 4 is 34.4 Å². The summed E-state index contributed by atoms with van der Waals surface area (Å²) in [6.45, 7) is 0.611. The van der Waals surface area contributed by atoms with Gasteiger partial charge in [0.25, 0.3) is 0 Å². The van der Waals surface area contributed by atoms with Crippen LogP contribution in [0.25, 0.3) is 0 Å². The molecule has 0 aromatic heterocycles. The minimum absolute atomic E-state index is 0.221. The number of rotatable bonds is 3. The lowest BCUT2D eigenvalue weighted by molar-refractivity contribution is 0.414. The number of thiocarbonyl (C=S) groups is 2. The van der Waals surface area contributed by atoms with Crippen molar-refractivity contribution in [3.63, 3.8) is 0 Å². The van der Waals surface area contributed by atoms with Crippen LogP contribution >= 0.6 is 24.4 Å². The molecule has 1 aromatic rings. The third-order valence-corrected chi connectivity index (χ3v) is 2.53. The SMILES string of the molecule is COc1ccc(CNC(=S)C(N)=S)cc1. The molecule has 0 spiro atoms. The molecule has 3 N–H and O–H groups in total. The van der Waals surface area contributed by atoms with E-state index < -0.39 is 0 Å². The van der Waals surface area contributed by atoms with Gasteiger partial charge in [0, 0.05) is 6.54 Å². The Labute approximate surface area is 99.6 Å². The maximum Gasteiger partial charge on any atom is 0.134 e. The molecule has 0 saturated carbocycles. The van der Waals surface area contributed by atoms with E-state index in [-0.39, 0.29) is 4.99 Å². The number of ether oxygens (including phenoxy) is 1. The molecule has 0 saturated heterocycles. The molecule has 1 rings (SSSR count). The van der Waals surface area contributed by atoms with Crippen LogP contribution in [-0.2, 0) is 6.54 Å². The molecule has 0 aliphatic heterocycles. The first-order valence-electron chi connectivity index (χ1n) is 4.34. The zero-order chi connectivity index (χ0) is 11.3. The summed E-state index contributed by atoms with van der Waals surface area (Å²) in [4.78, 5) is 0.638. The number of benzene rings is 1. The van der Waals surface area contributed by atoms with Gasteiger partial charge in [0.2, 0.25) is 0 Å². The molecule has 0 atom stereocenters. The van der Waals surface area contributed by atoms with Gasteiger partial charge in [0.15, 0.2) is 0 Å². The molecular weight excluding hydrogens is 228 g/mol. The topological polar surface area (TPSA) is 47.3 Å². The van der Waals surface area contributed by atoms with E-state index in [1.807, 2.05) is 24.3 Å². The second-order valence-electron chi connectivity index (χ2n) is 2.90. The van der Waals surface area contributed by atoms with Gasteiger partial charge in [-0.05, 0) is 17.7 Å². The predicted molar refractivity (Wildman–Crippen MR) is 69.2 cm³/mol. The highest BCUT2D eigenvalue weighted by molar-refractivity contribution is 7.89. The first kappa shape index (κ1) is 11.9. The Morgan fingerprint density at radius 2 is 1.93 bits per heavy atom. The fraction of sp³-hybridized carbons (Fsp3) is 0.200. The second kappa shape index (κ2) is 5.63. The molecular formula is C10H12N2OS2. The first-order chi connectivity index (χ1) is 7.13. The van der Waals surface area contributed by atoms with Crippen LogP contribution in [-0.4, -0.2) is 17.1 Å². The molecule has 0 bridgehead atoms. The molecule has 0 unspecified atom stereocenters. The summed E-state index contributed by atoms with van der Waals surface area (Å²) < 4.78 is 5.05. The summed E-state index contributed by atoms with van der Waals surface area (Å²) in [7, 11) is 1.63. The third-order valence-electron chi connectivity index (χ3n) is 1.84. The Balaban J connectivity index is 2.51. The molecule has 1 aromatic carbocycles. The number of nitrogens with two attached hydrogens (primary N) is 1. The molecule has 0 radical (unpaired) electrons. The van der Waals surface area contributed by atoms with E-state index in [0.29, 0.717) is 11.5 Å². The highest BCUT2D eigenvalue weighted by atomic mass is 32.1. The van der Waals surface area contributed by atoms with E-state index in [2.05, 4.69) is 5.32 Å². The second-order valence-corrected chi connectivity index (χ2v) is 3.74. The summed E-state index contributed by atoms with van der Waals surface area (Å²) in [6.07, 6.45) is 0. The van der Waals surface area contributed by atoms with Crippen LogP contribution in [0.5, 0.6) is 5.75 Å². The highest BCUT2D eigenvalue weighted by Gasteiger charge is 1.99. The van der Waals surface area contributed by atoms with Crippen LogP contribution in [0.4, 0.5) is 0 Å². The van der Waals surface area contributed by atoms with Gasteiger partial charge < -0.3 is 15.8 Å². The fourth-order valence-electron chi connectivity index (χ4n) is 1.01. The molecule has 0 aliphatic rings. The van der Waals surface area contributed by atoms with Crippen molar-refractivity contribution in [3.05, 3.63) is 29.8 Å². The lowest BCUT2D eigenvalue weighted by Crippen LogP contribution is -2.32. The zero-order valence-electron chi connectivity index (χ0n) is 8.32. The van der Waals surface area contributed by atoms with E-state index in [9.17, 15) is 0 Å². The minimum Gasteiger partial charge on any atom is -0.497 e. The summed E-state index contributed by atoms with van der Waals surface area (Å²) >= 11 is 9.65. The van der Waals surface area contributed by atoms with Crippen molar-refractivity contribution in [1.82, 2.24) is 5.32 Å². The Morgan fingerprint density at radius 1 is 1.33 bits per heavy atom. The molecule has 0 fully saturated rings. The Bertz CT molecular complexity index is 362. The van der Waals surface area contributed by atoms with Crippen LogP contribution in [0.2, 0.25) is 0 Å². The standard InChI is InChI=1S/C10H12N2OS2/c1-13-8-4-2-7(3-5-8)6-12-10(15)9(11)14/h2-5H,6H2,1H3,(H2,11,14)(H,12,15). The number of methoxy groups -OCH3 is 1. The maximum absolute atomic E-state index is 5.35. The minimum atomic E-state index is 0.221. The van der Waals surface area contributed by atoms with Crippen LogP contribution < -0.4 is 15.8 Å². The van der Waals surface area contributed by atoms with Gasteiger partial charge in [0.1, 0.15) is 15.7 Å². The summed E-state index contributed by atoms with van der Waals surface area (Å²) in [5, 5.41) is 2.96. The van der Waals surface area contributed by atoms with Crippen molar-refractivity contribution in [3.8, 4) is 5.75 Å². The van der Waals surface area contributed by atoms with Gasteiger partial charge in [0.05, 0.1) is 7.11 Å². The van der Waals surface area contributed by atoms with Crippen molar-refractivity contribution < 1.29 is 4.74 Å². The molecule has 0 heterocycles. The average Bonchev–Trinajstić information content (AvgIpc) is 2.26. The van der Waals surface area contributed by atoms with Gasteiger partial charge in [-0.1, -0.05) is 36.6 Å². The molecule has 15 heavy (non-hydrogen) atoms. The molecule has 0 amide bonds. The Kier molecular flexibility index (Phi) is 4.45. The number of hydrogen-bond acceptors (Lipinski definition) is 3. The lowest BCUT2D eigenvalue weighted by Gasteiger charge is -2.06. The van der Waals surface area contributed by atoms with Crippen molar-refractivity contribution in [2.75, 3.05) is 7.11 Å². The van der Waals surface area contributed by atoms with Crippen LogP contribution in [0, 0.1) is 0 Å².